The van der Waals surface area contributed by atoms with Crippen molar-refractivity contribution >= 4 is 11.6 Å². The molecule has 0 bridgehead atoms. The van der Waals surface area contributed by atoms with Gasteiger partial charge in [0.05, 0.1) is 13.2 Å². The number of aryl methyl sites for hydroxylation is 1. The summed E-state index contributed by atoms with van der Waals surface area (Å²) in [6, 6.07) is 8.08. The van der Waals surface area contributed by atoms with Gasteiger partial charge >= 0.3 is 0 Å². The number of morpholine rings is 1. The molecule has 1 aromatic heterocycles. The van der Waals surface area contributed by atoms with Gasteiger partial charge in [0.25, 0.3) is 5.91 Å². The van der Waals surface area contributed by atoms with E-state index in [1.54, 1.807) is 0 Å². The van der Waals surface area contributed by atoms with E-state index in [1.807, 2.05) is 12.1 Å². The Morgan fingerprint density at radius 1 is 1.16 bits per heavy atom. The predicted octanol–water partition coefficient (Wildman–Crippen LogP) is 2.37. The number of amides is 1. The number of aromatic nitrogens is 2. The third kappa shape index (κ3) is 3.75. The van der Waals surface area contributed by atoms with E-state index in [4.69, 9.17) is 4.74 Å². The molecule has 6 heteroatoms. The van der Waals surface area contributed by atoms with Crippen LogP contribution in [0.3, 0.4) is 0 Å². The molecule has 4 rings (SSSR count). The first-order chi connectivity index (χ1) is 12.3. The van der Waals surface area contributed by atoms with E-state index in [0.717, 1.165) is 69.1 Å². The van der Waals surface area contributed by atoms with Crippen molar-refractivity contribution in [3.05, 3.63) is 46.8 Å². The lowest BCUT2D eigenvalue weighted by atomic mass is 9.96. The summed E-state index contributed by atoms with van der Waals surface area (Å²) in [5.74, 6) is -0.125. The zero-order chi connectivity index (χ0) is 17.1. The van der Waals surface area contributed by atoms with Gasteiger partial charge in [0, 0.05) is 36.6 Å². The standard InChI is InChI=1S/C19H24N4O2/c24-19(18-16-3-1-2-4-17(16)21-22-18)20-15-7-5-14(6-8-15)13-23-9-11-25-12-10-23/h5-8H,1-4,9-13H2,(H,20,24)(H,21,22). The largest absolute Gasteiger partial charge is 0.379 e. The highest BCUT2D eigenvalue weighted by atomic mass is 16.5. The number of fused-ring (bicyclic) bond motifs is 1. The number of nitrogens with zero attached hydrogens (tertiary/aromatic N) is 2. The van der Waals surface area contributed by atoms with Crippen LogP contribution in [0.4, 0.5) is 5.69 Å². The summed E-state index contributed by atoms with van der Waals surface area (Å²) in [5.41, 5.74) is 4.82. The second-order valence-corrected chi connectivity index (χ2v) is 6.78. The number of H-pyrrole nitrogens is 1. The molecule has 1 fully saturated rings. The maximum atomic E-state index is 12.5. The molecular formula is C19H24N4O2. The monoisotopic (exact) mass is 340 g/mol. The summed E-state index contributed by atoms with van der Waals surface area (Å²) in [4.78, 5) is 14.9. The minimum atomic E-state index is -0.125. The molecule has 2 N–H and O–H groups in total. The molecule has 0 radical (unpaired) electrons. The summed E-state index contributed by atoms with van der Waals surface area (Å²) in [7, 11) is 0. The van der Waals surface area contributed by atoms with Gasteiger partial charge in [-0.1, -0.05) is 12.1 Å². The summed E-state index contributed by atoms with van der Waals surface area (Å²) >= 11 is 0. The first kappa shape index (κ1) is 16.3. The van der Waals surface area contributed by atoms with Crippen LogP contribution in [0, 0.1) is 0 Å². The molecule has 0 unspecified atom stereocenters. The summed E-state index contributed by atoms with van der Waals surface area (Å²) in [6.07, 6.45) is 4.23. The first-order valence-electron chi connectivity index (χ1n) is 9.06. The first-order valence-corrected chi connectivity index (χ1v) is 9.06. The van der Waals surface area contributed by atoms with Crippen molar-refractivity contribution in [2.45, 2.75) is 32.2 Å². The Morgan fingerprint density at radius 2 is 1.92 bits per heavy atom. The maximum absolute atomic E-state index is 12.5. The Balaban J connectivity index is 1.39. The van der Waals surface area contributed by atoms with Gasteiger partial charge in [0.1, 0.15) is 0 Å². The SMILES string of the molecule is O=C(Nc1ccc(CN2CCOCC2)cc1)c1n[nH]c2c1CCCC2. The number of rotatable bonds is 4. The summed E-state index contributed by atoms with van der Waals surface area (Å²) < 4.78 is 5.38. The summed E-state index contributed by atoms with van der Waals surface area (Å²) in [6.45, 7) is 4.49. The quantitative estimate of drug-likeness (QED) is 0.896. The number of hydrogen-bond acceptors (Lipinski definition) is 4. The molecule has 25 heavy (non-hydrogen) atoms. The second kappa shape index (κ2) is 7.37. The van der Waals surface area contributed by atoms with Crippen LogP contribution >= 0.6 is 0 Å². The lowest BCUT2D eigenvalue weighted by Crippen LogP contribution is -2.35. The number of carbonyl (C=O) groups is 1. The van der Waals surface area contributed by atoms with Crippen molar-refractivity contribution in [2.24, 2.45) is 0 Å². The van der Waals surface area contributed by atoms with Crippen LogP contribution in [0.15, 0.2) is 24.3 Å². The van der Waals surface area contributed by atoms with E-state index in [2.05, 4.69) is 32.5 Å². The van der Waals surface area contributed by atoms with Gasteiger partial charge in [-0.05, 0) is 43.4 Å². The molecule has 0 spiro atoms. The highest BCUT2D eigenvalue weighted by molar-refractivity contribution is 6.04. The van der Waals surface area contributed by atoms with E-state index in [1.165, 1.54) is 12.0 Å². The van der Waals surface area contributed by atoms with Crippen molar-refractivity contribution in [1.82, 2.24) is 15.1 Å². The average Bonchev–Trinajstić information content (AvgIpc) is 3.08. The molecule has 1 aromatic carbocycles. The minimum absolute atomic E-state index is 0.125. The number of hydrogen-bond donors (Lipinski definition) is 2. The van der Waals surface area contributed by atoms with Crippen molar-refractivity contribution < 1.29 is 9.53 Å². The number of carbonyl (C=O) groups excluding carboxylic acids is 1. The Morgan fingerprint density at radius 3 is 2.72 bits per heavy atom. The maximum Gasteiger partial charge on any atom is 0.276 e. The van der Waals surface area contributed by atoms with E-state index in [-0.39, 0.29) is 5.91 Å². The second-order valence-electron chi connectivity index (χ2n) is 6.78. The fourth-order valence-electron chi connectivity index (χ4n) is 3.57. The number of nitrogens with one attached hydrogen (secondary N) is 2. The molecular weight excluding hydrogens is 316 g/mol. The fourth-order valence-corrected chi connectivity index (χ4v) is 3.57. The molecule has 1 aliphatic heterocycles. The zero-order valence-electron chi connectivity index (χ0n) is 14.4. The molecule has 0 atom stereocenters. The van der Waals surface area contributed by atoms with Crippen LogP contribution in [0.5, 0.6) is 0 Å². The van der Waals surface area contributed by atoms with Gasteiger partial charge in [0.15, 0.2) is 5.69 Å². The van der Waals surface area contributed by atoms with Crippen molar-refractivity contribution in [3.63, 3.8) is 0 Å². The van der Waals surface area contributed by atoms with Gasteiger partial charge in [0.2, 0.25) is 0 Å². The van der Waals surface area contributed by atoms with Crippen LogP contribution < -0.4 is 5.32 Å². The van der Waals surface area contributed by atoms with E-state index in [0.29, 0.717) is 5.69 Å². The van der Waals surface area contributed by atoms with Gasteiger partial charge in [-0.3, -0.25) is 14.8 Å². The fraction of sp³-hybridized carbons (Fsp3) is 0.474. The van der Waals surface area contributed by atoms with E-state index < -0.39 is 0 Å². The molecule has 2 aliphatic rings. The van der Waals surface area contributed by atoms with Crippen LogP contribution in [0.25, 0.3) is 0 Å². The molecule has 1 amide bonds. The summed E-state index contributed by atoms with van der Waals surface area (Å²) in [5, 5.41) is 10.2. The van der Waals surface area contributed by atoms with Crippen LogP contribution in [0.2, 0.25) is 0 Å². The smallest absolute Gasteiger partial charge is 0.276 e. The Kier molecular flexibility index (Phi) is 4.81. The van der Waals surface area contributed by atoms with Crippen LogP contribution in [-0.2, 0) is 24.1 Å². The normalized spacial score (nSPS) is 17.9. The van der Waals surface area contributed by atoms with Gasteiger partial charge in [-0.2, -0.15) is 5.10 Å². The molecule has 2 heterocycles. The molecule has 0 saturated carbocycles. The highest BCUT2D eigenvalue weighted by Crippen LogP contribution is 2.23. The zero-order valence-corrected chi connectivity index (χ0v) is 14.4. The van der Waals surface area contributed by atoms with Crippen molar-refractivity contribution in [3.8, 4) is 0 Å². The number of aromatic amines is 1. The Hall–Kier alpha value is -2.18. The molecule has 6 nitrogen and oxygen atoms in total. The minimum Gasteiger partial charge on any atom is -0.379 e. The van der Waals surface area contributed by atoms with Crippen molar-refractivity contribution in [2.75, 3.05) is 31.6 Å². The van der Waals surface area contributed by atoms with Gasteiger partial charge < -0.3 is 10.1 Å². The number of benzene rings is 1. The molecule has 132 valence electrons. The van der Waals surface area contributed by atoms with Crippen LogP contribution in [-0.4, -0.2) is 47.3 Å². The third-order valence-corrected chi connectivity index (χ3v) is 4.99. The third-order valence-electron chi connectivity index (χ3n) is 4.99. The predicted molar refractivity (Wildman–Crippen MR) is 95.7 cm³/mol. The number of ether oxygens (including phenoxy) is 1. The molecule has 2 aromatic rings. The lowest BCUT2D eigenvalue weighted by Gasteiger charge is -2.26. The van der Waals surface area contributed by atoms with Crippen LogP contribution in [0.1, 0.15) is 40.2 Å². The van der Waals surface area contributed by atoms with Gasteiger partial charge in [-0.25, -0.2) is 0 Å². The van der Waals surface area contributed by atoms with Gasteiger partial charge in [-0.15, -0.1) is 0 Å². The Labute approximate surface area is 147 Å². The molecule has 1 saturated heterocycles. The topological polar surface area (TPSA) is 70.2 Å². The highest BCUT2D eigenvalue weighted by Gasteiger charge is 2.21. The number of anilines is 1. The molecule has 1 aliphatic carbocycles. The Bertz CT molecular complexity index is 732. The average molecular weight is 340 g/mol. The lowest BCUT2D eigenvalue weighted by molar-refractivity contribution is 0.0342. The van der Waals surface area contributed by atoms with E-state index in [9.17, 15) is 4.79 Å². The van der Waals surface area contributed by atoms with Crippen molar-refractivity contribution in [1.29, 1.82) is 0 Å². The van der Waals surface area contributed by atoms with E-state index >= 15 is 0 Å².